The largest absolute Gasteiger partial charge is 0.393 e. The van der Waals surface area contributed by atoms with Gasteiger partial charge in [-0.3, -0.25) is 4.68 Å². The summed E-state index contributed by atoms with van der Waals surface area (Å²) in [5, 5.41) is 14.6. The van der Waals surface area contributed by atoms with E-state index in [0.717, 1.165) is 43.8 Å². The second-order valence-corrected chi connectivity index (χ2v) is 5.18. The maximum Gasteiger partial charge on any atom is 0.0620 e. The molecule has 0 aromatic carbocycles. The number of ether oxygens (including phenoxy) is 1. The van der Waals surface area contributed by atoms with Gasteiger partial charge in [0.1, 0.15) is 0 Å². The van der Waals surface area contributed by atoms with Gasteiger partial charge in [-0.15, -0.1) is 0 Å². The van der Waals surface area contributed by atoms with E-state index < -0.39 is 0 Å². The first-order valence-electron chi connectivity index (χ1n) is 7.02. The van der Waals surface area contributed by atoms with Crippen molar-refractivity contribution >= 4 is 0 Å². The molecule has 2 heterocycles. The summed E-state index contributed by atoms with van der Waals surface area (Å²) in [6.07, 6.45) is 4.81. The van der Waals surface area contributed by atoms with E-state index in [1.807, 2.05) is 11.6 Å². The molecule has 1 aromatic heterocycles. The van der Waals surface area contributed by atoms with Crippen molar-refractivity contribution in [3.8, 4) is 0 Å². The van der Waals surface area contributed by atoms with Gasteiger partial charge in [0.15, 0.2) is 0 Å². The maximum atomic E-state index is 10.2. The van der Waals surface area contributed by atoms with Gasteiger partial charge in [0, 0.05) is 25.3 Å². The Morgan fingerprint density at radius 1 is 1.56 bits per heavy atom. The molecule has 1 fully saturated rings. The van der Waals surface area contributed by atoms with Crippen LogP contribution in [0, 0.1) is 6.92 Å². The van der Waals surface area contributed by atoms with E-state index in [0.29, 0.717) is 6.42 Å². The molecule has 1 aliphatic rings. The van der Waals surface area contributed by atoms with Gasteiger partial charge in [-0.05, 0) is 45.6 Å². The van der Waals surface area contributed by atoms with Crippen LogP contribution in [0.1, 0.15) is 44.0 Å². The van der Waals surface area contributed by atoms with E-state index in [-0.39, 0.29) is 12.2 Å². The average Bonchev–Trinajstić information content (AvgIpc) is 2.70. The van der Waals surface area contributed by atoms with Crippen LogP contribution in [0.5, 0.6) is 0 Å². The molecule has 1 aromatic rings. The summed E-state index contributed by atoms with van der Waals surface area (Å²) in [7, 11) is 0. The molecule has 0 amide bonds. The van der Waals surface area contributed by atoms with Crippen molar-refractivity contribution in [2.75, 3.05) is 6.61 Å². The molecule has 2 unspecified atom stereocenters. The number of nitrogens with zero attached hydrogens (tertiary/aromatic N) is 2. The van der Waals surface area contributed by atoms with E-state index in [1.165, 1.54) is 6.42 Å². The summed E-state index contributed by atoms with van der Waals surface area (Å²) in [6.45, 7) is 5.78. The highest BCUT2D eigenvalue weighted by Gasteiger charge is 2.19. The van der Waals surface area contributed by atoms with Crippen LogP contribution < -0.4 is 0 Å². The lowest BCUT2D eigenvalue weighted by atomic mass is 10.0. The van der Waals surface area contributed by atoms with Crippen LogP contribution in [-0.4, -0.2) is 33.7 Å². The number of aliphatic hydroxyl groups excluding tert-OH is 1. The third-order valence-electron chi connectivity index (χ3n) is 3.54. The Morgan fingerprint density at radius 3 is 3.06 bits per heavy atom. The summed E-state index contributed by atoms with van der Waals surface area (Å²) >= 11 is 0. The van der Waals surface area contributed by atoms with Crippen molar-refractivity contribution in [2.45, 2.75) is 64.7 Å². The molecule has 1 aliphatic heterocycles. The minimum atomic E-state index is -0.325. The van der Waals surface area contributed by atoms with Crippen LogP contribution in [0.2, 0.25) is 0 Å². The Bertz CT molecular complexity index is 370. The van der Waals surface area contributed by atoms with Gasteiger partial charge in [-0.1, -0.05) is 0 Å². The molecular formula is C14H24N2O2. The molecule has 1 N–H and O–H groups in total. The number of aromatic nitrogens is 2. The molecule has 0 bridgehead atoms. The van der Waals surface area contributed by atoms with Crippen molar-refractivity contribution in [1.29, 1.82) is 0 Å². The number of hydrogen-bond acceptors (Lipinski definition) is 3. The molecule has 18 heavy (non-hydrogen) atoms. The topological polar surface area (TPSA) is 47.3 Å². The number of hydrogen-bond donors (Lipinski definition) is 1. The third kappa shape index (κ3) is 3.56. The zero-order valence-electron chi connectivity index (χ0n) is 11.4. The van der Waals surface area contributed by atoms with Crippen molar-refractivity contribution in [3.63, 3.8) is 0 Å². The monoisotopic (exact) mass is 252 g/mol. The molecule has 1 saturated heterocycles. The second kappa shape index (κ2) is 6.34. The fraction of sp³-hybridized carbons (Fsp3) is 0.786. The predicted molar refractivity (Wildman–Crippen MR) is 70.6 cm³/mol. The Kier molecular flexibility index (Phi) is 4.78. The van der Waals surface area contributed by atoms with Gasteiger partial charge >= 0.3 is 0 Å². The molecule has 0 saturated carbocycles. The molecule has 0 spiro atoms. The van der Waals surface area contributed by atoms with E-state index in [9.17, 15) is 5.11 Å². The fourth-order valence-electron chi connectivity index (χ4n) is 2.66. The van der Waals surface area contributed by atoms with Gasteiger partial charge in [0.25, 0.3) is 0 Å². The standard InChI is InChI=1S/C14H24N2O2/c1-3-16-12(8-11(2)15-16)9-13(17)10-14-6-4-5-7-18-14/h8,13-14,17H,3-7,9-10H2,1-2H3. The Balaban J connectivity index is 1.87. The third-order valence-corrected chi connectivity index (χ3v) is 3.54. The van der Waals surface area contributed by atoms with Crippen LogP contribution in [0.15, 0.2) is 6.07 Å². The zero-order valence-corrected chi connectivity index (χ0v) is 11.4. The number of aliphatic hydroxyl groups is 1. The van der Waals surface area contributed by atoms with Crippen molar-refractivity contribution < 1.29 is 9.84 Å². The van der Waals surface area contributed by atoms with Gasteiger partial charge in [-0.25, -0.2) is 0 Å². The Morgan fingerprint density at radius 2 is 2.39 bits per heavy atom. The van der Waals surface area contributed by atoms with Gasteiger partial charge < -0.3 is 9.84 Å². The van der Waals surface area contributed by atoms with Gasteiger partial charge in [0.05, 0.1) is 17.9 Å². The Labute approximate surface area is 109 Å². The molecule has 2 rings (SSSR count). The summed E-state index contributed by atoms with van der Waals surface area (Å²) in [5.41, 5.74) is 2.14. The van der Waals surface area contributed by atoms with E-state index in [2.05, 4.69) is 18.1 Å². The van der Waals surface area contributed by atoms with Crippen LogP contribution >= 0.6 is 0 Å². The second-order valence-electron chi connectivity index (χ2n) is 5.18. The van der Waals surface area contributed by atoms with Gasteiger partial charge in [0.2, 0.25) is 0 Å². The highest BCUT2D eigenvalue weighted by molar-refractivity contribution is 5.10. The summed E-state index contributed by atoms with van der Waals surface area (Å²) < 4.78 is 7.64. The first-order valence-corrected chi connectivity index (χ1v) is 7.02. The van der Waals surface area contributed by atoms with E-state index >= 15 is 0 Å². The van der Waals surface area contributed by atoms with Crippen molar-refractivity contribution in [1.82, 2.24) is 9.78 Å². The Hall–Kier alpha value is -0.870. The lowest BCUT2D eigenvalue weighted by molar-refractivity contribution is -0.0150. The highest BCUT2D eigenvalue weighted by atomic mass is 16.5. The minimum Gasteiger partial charge on any atom is -0.393 e. The smallest absolute Gasteiger partial charge is 0.0620 e. The molecule has 4 nitrogen and oxygen atoms in total. The minimum absolute atomic E-state index is 0.243. The molecule has 0 radical (unpaired) electrons. The quantitative estimate of drug-likeness (QED) is 0.872. The number of rotatable bonds is 5. The first-order chi connectivity index (χ1) is 8.69. The lowest BCUT2D eigenvalue weighted by Crippen LogP contribution is -2.26. The van der Waals surface area contributed by atoms with Crippen molar-refractivity contribution in [2.24, 2.45) is 0 Å². The molecule has 0 aliphatic carbocycles. The van der Waals surface area contributed by atoms with Crippen molar-refractivity contribution in [3.05, 3.63) is 17.5 Å². The molecular weight excluding hydrogens is 228 g/mol. The lowest BCUT2D eigenvalue weighted by Gasteiger charge is -2.24. The van der Waals surface area contributed by atoms with Crippen LogP contribution in [0.3, 0.4) is 0 Å². The van der Waals surface area contributed by atoms with Crippen LogP contribution in [-0.2, 0) is 17.7 Å². The summed E-state index contributed by atoms with van der Waals surface area (Å²) in [5.74, 6) is 0. The summed E-state index contributed by atoms with van der Waals surface area (Å²) in [6, 6.07) is 2.06. The fourth-order valence-corrected chi connectivity index (χ4v) is 2.66. The molecule has 102 valence electrons. The van der Waals surface area contributed by atoms with Crippen LogP contribution in [0.25, 0.3) is 0 Å². The normalized spacial score (nSPS) is 22.1. The van der Waals surface area contributed by atoms with Crippen LogP contribution in [0.4, 0.5) is 0 Å². The highest BCUT2D eigenvalue weighted by Crippen LogP contribution is 2.19. The average molecular weight is 252 g/mol. The maximum absolute atomic E-state index is 10.2. The van der Waals surface area contributed by atoms with E-state index in [1.54, 1.807) is 0 Å². The zero-order chi connectivity index (χ0) is 13.0. The molecule has 4 heteroatoms. The predicted octanol–water partition coefficient (Wildman–Crippen LogP) is 2.07. The van der Waals surface area contributed by atoms with Gasteiger partial charge in [-0.2, -0.15) is 5.10 Å². The SMILES string of the molecule is CCn1nc(C)cc1CC(O)CC1CCCCO1. The first kappa shape index (κ1) is 13.6. The van der Waals surface area contributed by atoms with E-state index in [4.69, 9.17) is 4.74 Å². The number of aryl methyl sites for hydroxylation is 2. The molecule has 2 atom stereocenters. The summed E-state index contributed by atoms with van der Waals surface area (Å²) in [4.78, 5) is 0.